The zero-order valence-electron chi connectivity index (χ0n) is 10.2. The maximum absolute atomic E-state index is 12.2. The summed E-state index contributed by atoms with van der Waals surface area (Å²) in [4.78, 5) is 16.5. The number of nitrogens with two attached hydrogens (primary N) is 1. The zero-order valence-corrected chi connectivity index (χ0v) is 10.2. The van der Waals surface area contributed by atoms with E-state index in [4.69, 9.17) is 5.73 Å². The van der Waals surface area contributed by atoms with Crippen LogP contribution in [0.3, 0.4) is 0 Å². The quantitative estimate of drug-likeness (QED) is 0.895. The van der Waals surface area contributed by atoms with Gasteiger partial charge in [-0.3, -0.25) is 9.78 Å². The maximum atomic E-state index is 12.2. The van der Waals surface area contributed by atoms with Gasteiger partial charge in [0.05, 0.1) is 11.1 Å². The Bertz CT molecular complexity index is 597. The summed E-state index contributed by atoms with van der Waals surface area (Å²) in [5.74, 6) is 0.158. The number of pyridine rings is 1. The Morgan fingerprint density at radius 3 is 2.78 bits per heavy atom. The summed E-state index contributed by atoms with van der Waals surface area (Å²) in [6, 6.07) is 9.82. The Morgan fingerprint density at radius 1 is 1.28 bits per heavy atom. The fraction of sp³-hybridized carbons (Fsp3) is 0.333. The van der Waals surface area contributed by atoms with E-state index in [1.54, 1.807) is 6.20 Å². The number of fused-ring (bicyclic) bond motifs is 1. The van der Waals surface area contributed by atoms with E-state index >= 15 is 0 Å². The van der Waals surface area contributed by atoms with E-state index in [0.717, 1.165) is 35.7 Å². The molecule has 3 nitrogen and oxygen atoms in total. The molecule has 0 aliphatic heterocycles. The number of ketones is 1. The van der Waals surface area contributed by atoms with Crippen LogP contribution in [-0.2, 0) is 11.2 Å². The van der Waals surface area contributed by atoms with Gasteiger partial charge in [0.25, 0.3) is 0 Å². The molecule has 0 atom stereocenters. The minimum Gasteiger partial charge on any atom is -0.319 e. The molecule has 0 radical (unpaired) electrons. The molecule has 1 saturated carbocycles. The van der Waals surface area contributed by atoms with E-state index in [1.807, 2.05) is 30.3 Å². The number of rotatable bonds is 3. The molecule has 1 aromatic carbocycles. The second-order valence-corrected chi connectivity index (χ2v) is 5.10. The van der Waals surface area contributed by atoms with Crippen LogP contribution in [0.1, 0.15) is 24.8 Å². The van der Waals surface area contributed by atoms with Gasteiger partial charge in [-0.15, -0.1) is 0 Å². The van der Waals surface area contributed by atoms with E-state index in [0.29, 0.717) is 6.42 Å². The van der Waals surface area contributed by atoms with Crippen molar-refractivity contribution < 1.29 is 4.79 Å². The third-order valence-corrected chi connectivity index (χ3v) is 3.89. The number of carbonyl (C=O) groups excluding carboxylic acids is 1. The first kappa shape index (κ1) is 11.4. The fourth-order valence-corrected chi connectivity index (χ4v) is 2.49. The van der Waals surface area contributed by atoms with Crippen molar-refractivity contribution in [3.63, 3.8) is 0 Å². The van der Waals surface area contributed by atoms with Gasteiger partial charge >= 0.3 is 0 Å². The van der Waals surface area contributed by atoms with Gasteiger partial charge in [-0.2, -0.15) is 0 Å². The van der Waals surface area contributed by atoms with Crippen LogP contribution in [0.5, 0.6) is 0 Å². The molecule has 0 amide bonds. The highest BCUT2D eigenvalue weighted by molar-refractivity contribution is 5.94. The Hall–Kier alpha value is -1.74. The van der Waals surface area contributed by atoms with Crippen molar-refractivity contribution in [3.8, 4) is 0 Å². The third-order valence-electron chi connectivity index (χ3n) is 3.89. The van der Waals surface area contributed by atoms with Crippen molar-refractivity contribution in [1.82, 2.24) is 4.98 Å². The van der Waals surface area contributed by atoms with Gasteiger partial charge < -0.3 is 5.73 Å². The Balaban J connectivity index is 1.93. The summed E-state index contributed by atoms with van der Waals surface area (Å²) >= 11 is 0. The highest BCUT2D eigenvalue weighted by Gasteiger charge is 2.39. The molecule has 2 aromatic rings. The summed E-state index contributed by atoms with van der Waals surface area (Å²) in [7, 11) is 0. The molecule has 0 spiro atoms. The lowest BCUT2D eigenvalue weighted by Crippen LogP contribution is -2.54. The summed E-state index contributed by atoms with van der Waals surface area (Å²) in [6.07, 6.45) is 4.90. The molecule has 2 N–H and O–H groups in total. The first-order chi connectivity index (χ1) is 8.69. The number of Topliss-reactive ketones (excluding diaryl/α,β-unsaturated/α-hetero) is 1. The molecule has 0 bridgehead atoms. The lowest BCUT2D eigenvalue weighted by molar-refractivity contribution is -0.126. The second-order valence-electron chi connectivity index (χ2n) is 5.10. The van der Waals surface area contributed by atoms with E-state index in [-0.39, 0.29) is 5.78 Å². The summed E-state index contributed by atoms with van der Waals surface area (Å²) < 4.78 is 0. The second kappa shape index (κ2) is 4.18. The largest absolute Gasteiger partial charge is 0.319 e. The predicted molar refractivity (Wildman–Crippen MR) is 71.2 cm³/mol. The number of benzene rings is 1. The molecule has 3 heteroatoms. The molecule has 92 valence electrons. The zero-order chi connectivity index (χ0) is 12.6. The number of aromatic nitrogens is 1. The van der Waals surface area contributed by atoms with Crippen LogP contribution in [0.15, 0.2) is 36.5 Å². The number of hydrogen-bond donors (Lipinski definition) is 1. The molecule has 1 aromatic heterocycles. The molecule has 0 unspecified atom stereocenters. The standard InChI is InChI=1S/C15H16N2O/c16-15(7-3-8-15)14(18)10-11-6-9-17-13-5-2-1-4-12(11)13/h1-2,4-6,9H,3,7-8,10,16H2. The van der Waals surface area contributed by atoms with Crippen LogP contribution >= 0.6 is 0 Å². The van der Waals surface area contributed by atoms with E-state index in [9.17, 15) is 4.79 Å². The van der Waals surface area contributed by atoms with Crippen molar-refractivity contribution >= 4 is 16.7 Å². The van der Waals surface area contributed by atoms with Crippen molar-refractivity contribution in [2.75, 3.05) is 0 Å². The predicted octanol–water partition coefficient (Wildman–Crippen LogP) is 2.23. The number of carbonyl (C=O) groups is 1. The van der Waals surface area contributed by atoms with Crippen LogP contribution in [0, 0.1) is 0 Å². The van der Waals surface area contributed by atoms with Gasteiger partial charge in [-0.05, 0) is 37.0 Å². The van der Waals surface area contributed by atoms with Crippen molar-refractivity contribution in [2.24, 2.45) is 5.73 Å². The summed E-state index contributed by atoms with van der Waals surface area (Å²) in [5.41, 5.74) is 7.47. The minimum absolute atomic E-state index is 0.158. The van der Waals surface area contributed by atoms with Gasteiger partial charge in [0.15, 0.2) is 5.78 Å². The van der Waals surface area contributed by atoms with Gasteiger partial charge in [0, 0.05) is 18.0 Å². The number of nitrogens with zero attached hydrogens (tertiary/aromatic N) is 1. The SMILES string of the molecule is NC1(C(=O)Cc2ccnc3ccccc23)CCC1. The van der Waals surface area contributed by atoms with E-state index in [1.165, 1.54) is 0 Å². The van der Waals surface area contributed by atoms with Crippen LogP contribution in [0.2, 0.25) is 0 Å². The van der Waals surface area contributed by atoms with Gasteiger partial charge in [0.2, 0.25) is 0 Å². The monoisotopic (exact) mass is 240 g/mol. The molecule has 3 rings (SSSR count). The van der Waals surface area contributed by atoms with Crippen LogP contribution < -0.4 is 5.73 Å². The van der Waals surface area contributed by atoms with Gasteiger partial charge in [-0.25, -0.2) is 0 Å². The highest BCUT2D eigenvalue weighted by atomic mass is 16.1. The fourth-order valence-electron chi connectivity index (χ4n) is 2.49. The summed E-state index contributed by atoms with van der Waals surface area (Å²) in [5, 5.41) is 1.05. The first-order valence-electron chi connectivity index (χ1n) is 6.34. The van der Waals surface area contributed by atoms with Crippen molar-refractivity contribution in [2.45, 2.75) is 31.2 Å². The minimum atomic E-state index is -0.565. The van der Waals surface area contributed by atoms with E-state index in [2.05, 4.69) is 4.98 Å². The lowest BCUT2D eigenvalue weighted by atomic mass is 9.73. The normalized spacial score (nSPS) is 17.4. The van der Waals surface area contributed by atoms with Crippen molar-refractivity contribution in [3.05, 3.63) is 42.1 Å². The highest BCUT2D eigenvalue weighted by Crippen LogP contribution is 2.31. The molecule has 1 aliphatic carbocycles. The van der Waals surface area contributed by atoms with E-state index < -0.39 is 5.54 Å². The molecule has 18 heavy (non-hydrogen) atoms. The molecule has 0 saturated heterocycles. The maximum Gasteiger partial charge on any atom is 0.157 e. The number of hydrogen-bond acceptors (Lipinski definition) is 3. The Kier molecular flexibility index (Phi) is 2.63. The van der Waals surface area contributed by atoms with Gasteiger partial charge in [-0.1, -0.05) is 18.2 Å². The summed E-state index contributed by atoms with van der Waals surface area (Å²) in [6.45, 7) is 0. The smallest absolute Gasteiger partial charge is 0.157 e. The van der Waals surface area contributed by atoms with Crippen LogP contribution in [-0.4, -0.2) is 16.3 Å². The average molecular weight is 240 g/mol. The first-order valence-corrected chi connectivity index (χ1v) is 6.34. The Labute approximate surface area is 106 Å². The number of para-hydroxylation sites is 1. The topological polar surface area (TPSA) is 56.0 Å². The van der Waals surface area contributed by atoms with Crippen molar-refractivity contribution in [1.29, 1.82) is 0 Å². The van der Waals surface area contributed by atoms with Crippen LogP contribution in [0.4, 0.5) is 0 Å². The van der Waals surface area contributed by atoms with Crippen LogP contribution in [0.25, 0.3) is 10.9 Å². The molecule has 1 aliphatic rings. The van der Waals surface area contributed by atoms with Gasteiger partial charge in [0.1, 0.15) is 0 Å². The molecular formula is C15H16N2O. The molecular weight excluding hydrogens is 224 g/mol. The molecule has 1 fully saturated rings. The average Bonchev–Trinajstić information content (AvgIpc) is 2.36. The Morgan fingerprint density at radius 2 is 2.06 bits per heavy atom. The third kappa shape index (κ3) is 1.81. The molecule has 1 heterocycles. The lowest BCUT2D eigenvalue weighted by Gasteiger charge is -2.36.